The van der Waals surface area contributed by atoms with Crippen molar-refractivity contribution in [3.8, 4) is 0 Å². The van der Waals surface area contributed by atoms with Gasteiger partial charge in [0.05, 0.1) is 17.9 Å². The van der Waals surface area contributed by atoms with Gasteiger partial charge in [0.25, 0.3) is 10.0 Å². The van der Waals surface area contributed by atoms with Crippen LogP contribution >= 0.6 is 0 Å². The number of fused-ring (bicyclic) bond motifs is 1. The third kappa shape index (κ3) is 2.80. The maximum atomic E-state index is 12.9. The molecule has 8 nitrogen and oxygen atoms in total. The first-order chi connectivity index (χ1) is 12.0. The van der Waals surface area contributed by atoms with Crippen LogP contribution in [-0.4, -0.2) is 45.1 Å². The molecule has 0 aromatic carbocycles. The Bertz CT molecular complexity index is 877. The number of hydrogen-bond donors (Lipinski definition) is 1. The average molecular weight is 364 g/mol. The lowest BCUT2D eigenvalue weighted by molar-refractivity contribution is 0.256. The standard InChI is InChI=1S/C16H24N6O2S/c1-3-20-11-16(19-12(20)2)25(23,24)21-6-4-14(5-7-21)22-15-10-17-8-13(15)9-18-22/h9,11,14,17H,3-8,10H2,1-2H3. The van der Waals surface area contributed by atoms with E-state index in [0.717, 1.165) is 38.3 Å². The number of nitrogens with one attached hydrogen (secondary N) is 1. The molecule has 2 aromatic heterocycles. The Labute approximate surface area is 147 Å². The van der Waals surface area contributed by atoms with E-state index < -0.39 is 10.0 Å². The van der Waals surface area contributed by atoms with Crippen LogP contribution in [0.3, 0.4) is 0 Å². The Hall–Kier alpha value is -1.71. The normalized spacial score (nSPS) is 19.4. The van der Waals surface area contributed by atoms with Crippen molar-refractivity contribution in [3.63, 3.8) is 0 Å². The van der Waals surface area contributed by atoms with Gasteiger partial charge in [-0.25, -0.2) is 13.4 Å². The van der Waals surface area contributed by atoms with E-state index in [0.29, 0.717) is 13.1 Å². The molecule has 2 aromatic rings. The summed E-state index contributed by atoms with van der Waals surface area (Å²) in [6.07, 6.45) is 5.13. The van der Waals surface area contributed by atoms with Crippen molar-refractivity contribution in [3.05, 3.63) is 29.5 Å². The van der Waals surface area contributed by atoms with Gasteiger partial charge in [0.1, 0.15) is 5.82 Å². The van der Waals surface area contributed by atoms with Crippen LogP contribution in [0, 0.1) is 6.92 Å². The fourth-order valence-electron chi connectivity index (χ4n) is 3.78. The van der Waals surface area contributed by atoms with Crippen LogP contribution in [0.2, 0.25) is 0 Å². The molecule has 1 fully saturated rings. The van der Waals surface area contributed by atoms with Gasteiger partial charge in [-0.1, -0.05) is 0 Å². The molecule has 0 atom stereocenters. The highest BCUT2D eigenvalue weighted by Gasteiger charge is 2.33. The second-order valence-electron chi connectivity index (χ2n) is 6.71. The minimum Gasteiger partial charge on any atom is -0.334 e. The molecule has 1 N–H and O–H groups in total. The molecule has 4 rings (SSSR count). The zero-order valence-electron chi connectivity index (χ0n) is 14.6. The van der Waals surface area contributed by atoms with Crippen LogP contribution in [0.5, 0.6) is 0 Å². The summed E-state index contributed by atoms with van der Waals surface area (Å²) in [6, 6.07) is 0.269. The van der Waals surface area contributed by atoms with Gasteiger partial charge in [-0.3, -0.25) is 4.68 Å². The van der Waals surface area contributed by atoms with Crippen LogP contribution in [0.1, 0.15) is 42.9 Å². The fourth-order valence-corrected chi connectivity index (χ4v) is 5.24. The van der Waals surface area contributed by atoms with Crippen molar-refractivity contribution in [2.75, 3.05) is 13.1 Å². The van der Waals surface area contributed by atoms with E-state index in [9.17, 15) is 8.42 Å². The lowest BCUT2D eigenvalue weighted by Gasteiger charge is -2.31. The lowest BCUT2D eigenvalue weighted by Crippen LogP contribution is -2.39. The summed E-state index contributed by atoms with van der Waals surface area (Å²) in [6.45, 7) is 7.27. The monoisotopic (exact) mass is 364 g/mol. The minimum absolute atomic E-state index is 0.162. The predicted molar refractivity (Wildman–Crippen MR) is 92.4 cm³/mol. The minimum atomic E-state index is -3.52. The van der Waals surface area contributed by atoms with Crippen molar-refractivity contribution in [1.82, 2.24) is 29.0 Å². The molecule has 4 heterocycles. The van der Waals surface area contributed by atoms with Gasteiger partial charge in [0.2, 0.25) is 0 Å². The summed E-state index contributed by atoms with van der Waals surface area (Å²) in [4.78, 5) is 4.25. The SMILES string of the molecule is CCn1cc(S(=O)(=O)N2CCC(n3ncc4c3CNC4)CC2)nc1C. The second-order valence-corrected chi connectivity index (χ2v) is 8.60. The first-order valence-corrected chi connectivity index (χ1v) is 10.2. The van der Waals surface area contributed by atoms with Crippen LogP contribution in [0.4, 0.5) is 0 Å². The maximum Gasteiger partial charge on any atom is 0.262 e. The van der Waals surface area contributed by atoms with Gasteiger partial charge >= 0.3 is 0 Å². The summed E-state index contributed by atoms with van der Waals surface area (Å²) < 4.78 is 31.2. The first kappa shape index (κ1) is 16.7. The Morgan fingerprint density at radius 1 is 1.28 bits per heavy atom. The van der Waals surface area contributed by atoms with E-state index >= 15 is 0 Å². The van der Waals surface area contributed by atoms with E-state index in [4.69, 9.17) is 0 Å². The second kappa shape index (κ2) is 6.22. The van der Waals surface area contributed by atoms with Gasteiger partial charge < -0.3 is 9.88 Å². The fraction of sp³-hybridized carbons (Fsp3) is 0.625. The largest absolute Gasteiger partial charge is 0.334 e. The Balaban J connectivity index is 1.49. The molecule has 136 valence electrons. The van der Waals surface area contributed by atoms with Gasteiger partial charge in [0.15, 0.2) is 5.03 Å². The molecule has 0 amide bonds. The molecular weight excluding hydrogens is 340 g/mol. The lowest BCUT2D eigenvalue weighted by atomic mass is 10.1. The number of aromatic nitrogens is 4. The molecular formula is C16H24N6O2S. The molecule has 1 saturated heterocycles. The van der Waals surface area contributed by atoms with Crippen LogP contribution < -0.4 is 5.32 Å². The summed E-state index contributed by atoms with van der Waals surface area (Å²) >= 11 is 0. The highest BCUT2D eigenvalue weighted by atomic mass is 32.2. The molecule has 0 aliphatic carbocycles. The molecule has 0 saturated carbocycles. The third-order valence-electron chi connectivity index (χ3n) is 5.26. The summed E-state index contributed by atoms with van der Waals surface area (Å²) in [5.74, 6) is 0.732. The highest BCUT2D eigenvalue weighted by molar-refractivity contribution is 7.89. The maximum absolute atomic E-state index is 12.9. The van der Waals surface area contributed by atoms with E-state index in [-0.39, 0.29) is 11.1 Å². The number of nitrogens with zero attached hydrogens (tertiary/aromatic N) is 5. The molecule has 2 aliphatic heterocycles. The zero-order chi connectivity index (χ0) is 17.6. The van der Waals surface area contributed by atoms with E-state index in [1.54, 1.807) is 10.5 Å². The van der Waals surface area contributed by atoms with E-state index in [1.807, 2.05) is 24.6 Å². The van der Waals surface area contributed by atoms with Gasteiger partial charge in [-0.2, -0.15) is 9.40 Å². The van der Waals surface area contributed by atoms with E-state index in [2.05, 4.69) is 20.1 Å². The highest BCUT2D eigenvalue weighted by Crippen LogP contribution is 2.29. The molecule has 0 unspecified atom stereocenters. The van der Waals surface area contributed by atoms with E-state index in [1.165, 1.54) is 11.3 Å². The molecule has 2 aliphatic rings. The topological polar surface area (TPSA) is 85.0 Å². The van der Waals surface area contributed by atoms with Gasteiger partial charge in [0, 0.05) is 44.5 Å². The molecule has 0 radical (unpaired) electrons. The summed E-state index contributed by atoms with van der Waals surface area (Å²) in [5, 5.41) is 8.02. The number of aryl methyl sites for hydroxylation is 2. The van der Waals surface area contributed by atoms with Crippen LogP contribution in [0.25, 0.3) is 0 Å². The Morgan fingerprint density at radius 2 is 2.04 bits per heavy atom. The number of rotatable bonds is 4. The zero-order valence-corrected chi connectivity index (χ0v) is 15.5. The van der Waals surface area contributed by atoms with Crippen molar-refractivity contribution in [1.29, 1.82) is 0 Å². The first-order valence-electron chi connectivity index (χ1n) is 8.80. The third-order valence-corrected chi connectivity index (χ3v) is 7.03. The molecule has 25 heavy (non-hydrogen) atoms. The van der Waals surface area contributed by atoms with Crippen LogP contribution in [-0.2, 0) is 29.7 Å². The predicted octanol–water partition coefficient (Wildman–Crippen LogP) is 1.04. The van der Waals surface area contributed by atoms with Crippen LogP contribution in [0.15, 0.2) is 17.4 Å². The number of piperidine rings is 1. The Morgan fingerprint density at radius 3 is 2.72 bits per heavy atom. The van der Waals surface area contributed by atoms with Crippen molar-refractivity contribution in [2.45, 2.75) is 57.4 Å². The smallest absolute Gasteiger partial charge is 0.262 e. The van der Waals surface area contributed by atoms with Gasteiger partial charge in [-0.05, 0) is 26.7 Å². The number of sulfonamides is 1. The molecule has 0 bridgehead atoms. The van der Waals surface area contributed by atoms with Crippen molar-refractivity contribution < 1.29 is 8.42 Å². The van der Waals surface area contributed by atoms with Crippen molar-refractivity contribution in [2.24, 2.45) is 0 Å². The Kier molecular flexibility index (Phi) is 4.17. The number of hydrogen-bond acceptors (Lipinski definition) is 5. The molecule has 9 heteroatoms. The summed E-state index contributed by atoms with van der Waals surface area (Å²) in [7, 11) is -3.52. The van der Waals surface area contributed by atoms with Crippen molar-refractivity contribution >= 4 is 10.0 Å². The molecule has 0 spiro atoms. The number of imidazole rings is 1. The van der Waals surface area contributed by atoms with Gasteiger partial charge in [-0.15, -0.1) is 0 Å². The quantitative estimate of drug-likeness (QED) is 0.876. The average Bonchev–Trinajstić information content (AvgIpc) is 3.30. The summed E-state index contributed by atoms with van der Waals surface area (Å²) in [5.41, 5.74) is 2.51.